The Kier molecular flexibility index (Phi) is 4.53. The van der Waals surface area contributed by atoms with Gasteiger partial charge in [0.15, 0.2) is 0 Å². The Labute approximate surface area is 87.1 Å². The summed E-state index contributed by atoms with van der Waals surface area (Å²) in [6, 6.07) is 2.93. The number of carboxylic acid groups (broad SMARTS) is 1. The van der Waals surface area contributed by atoms with Crippen LogP contribution in [0.4, 0.5) is 4.39 Å². The quantitative estimate of drug-likeness (QED) is 0.795. The van der Waals surface area contributed by atoms with Gasteiger partial charge in [-0.05, 0) is 13.0 Å². The van der Waals surface area contributed by atoms with Gasteiger partial charge in [0.1, 0.15) is 11.9 Å². The SMILES string of the molecule is Cc1ccc(F)c([C@@H](N)C(=O)O)c1.Cl. The average Bonchev–Trinajstić information content (AvgIpc) is 2.08. The van der Waals surface area contributed by atoms with Gasteiger partial charge in [-0.3, -0.25) is 4.79 Å². The highest BCUT2D eigenvalue weighted by atomic mass is 35.5. The minimum Gasteiger partial charge on any atom is -0.480 e. The van der Waals surface area contributed by atoms with E-state index in [1.54, 1.807) is 13.0 Å². The van der Waals surface area contributed by atoms with Crippen molar-refractivity contribution in [1.29, 1.82) is 0 Å². The minimum absolute atomic E-state index is 0. The Morgan fingerprint density at radius 2 is 2.14 bits per heavy atom. The van der Waals surface area contributed by atoms with Gasteiger partial charge in [0.2, 0.25) is 0 Å². The van der Waals surface area contributed by atoms with Gasteiger partial charge >= 0.3 is 5.97 Å². The molecule has 0 aliphatic rings. The number of nitrogens with two attached hydrogens (primary N) is 1. The number of aryl methyl sites for hydroxylation is 1. The molecule has 0 aromatic heterocycles. The van der Waals surface area contributed by atoms with Crippen LogP contribution in [0.3, 0.4) is 0 Å². The molecule has 0 heterocycles. The minimum atomic E-state index is -1.29. The molecule has 0 aliphatic heterocycles. The van der Waals surface area contributed by atoms with Gasteiger partial charge in [-0.2, -0.15) is 0 Å². The van der Waals surface area contributed by atoms with Crippen LogP contribution in [-0.4, -0.2) is 11.1 Å². The molecule has 0 bridgehead atoms. The molecule has 0 fully saturated rings. The zero-order valence-corrected chi connectivity index (χ0v) is 8.34. The Morgan fingerprint density at radius 1 is 1.57 bits per heavy atom. The smallest absolute Gasteiger partial charge is 0.325 e. The molecule has 0 saturated heterocycles. The number of rotatable bonds is 2. The standard InChI is InChI=1S/C9H10FNO2.ClH/c1-5-2-3-7(10)6(4-5)8(11)9(12)13;/h2-4,8H,11H2,1H3,(H,12,13);1H/t8-;/m1./s1. The number of benzene rings is 1. The van der Waals surface area contributed by atoms with Crippen molar-refractivity contribution in [2.45, 2.75) is 13.0 Å². The average molecular weight is 220 g/mol. The summed E-state index contributed by atoms with van der Waals surface area (Å²) >= 11 is 0. The predicted octanol–water partition coefficient (Wildman–Crippen LogP) is 1.64. The number of carboxylic acids is 1. The number of hydrogen-bond acceptors (Lipinski definition) is 2. The summed E-state index contributed by atoms with van der Waals surface area (Å²) < 4.78 is 13.0. The molecule has 0 spiro atoms. The van der Waals surface area contributed by atoms with E-state index >= 15 is 0 Å². The number of hydrogen-bond donors (Lipinski definition) is 2. The molecule has 0 amide bonds. The van der Waals surface area contributed by atoms with Crippen LogP contribution in [0.25, 0.3) is 0 Å². The highest BCUT2D eigenvalue weighted by Gasteiger charge is 2.17. The van der Waals surface area contributed by atoms with E-state index in [-0.39, 0.29) is 18.0 Å². The molecule has 0 aliphatic carbocycles. The van der Waals surface area contributed by atoms with Gasteiger partial charge in [-0.1, -0.05) is 17.7 Å². The van der Waals surface area contributed by atoms with Crippen LogP contribution in [0.15, 0.2) is 18.2 Å². The van der Waals surface area contributed by atoms with Crippen LogP contribution in [0.2, 0.25) is 0 Å². The van der Waals surface area contributed by atoms with E-state index in [4.69, 9.17) is 10.8 Å². The Balaban J connectivity index is 0.00000169. The predicted molar refractivity (Wildman–Crippen MR) is 52.9 cm³/mol. The van der Waals surface area contributed by atoms with Gasteiger partial charge in [0.25, 0.3) is 0 Å². The molecular formula is C9H11ClFNO2. The van der Waals surface area contributed by atoms with E-state index in [9.17, 15) is 9.18 Å². The van der Waals surface area contributed by atoms with Crippen molar-refractivity contribution in [3.63, 3.8) is 0 Å². The number of halogens is 2. The first-order valence-corrected chi connectivity index (χ1v) is 3.77. The molecule has 0 radical (unpaired) electrons. The zero-order chi connectivity index (χ0) is 10.0. The van der Waals surface area contributed by atoms with E-state index in [1.165, 1.54) is 12.1 Å². The van der Waals surface area contributed by atoms with Crippen molar-refractivity contribution in [2.75, 3.05) is 0 Å². The zero-order valence-electron chi connectivity index (χ0n) is 7.53. The van der Waals surface area contributed by atoms with E-state index < -0.39 is 17.8 Å². The first kappa shape index (κ1) is 12.9. The van der Waals surface area contributed by atoms with Gasteiger partial charge < -0.3 is 10.8 Å². The lowest BCUT2D eigenvalue weighted by Gasteiger charge is -2.08. The lowest BCUT2D eigenvalue weighted by atomic mass is 10.0. The lowest BCUT2D eigenvalue weighted by Crippen LogP contribution is -2.21. The molecule has 1 rings (SSSR count). The topological polar surface area (TPSA) is 63.3 Å². The Morgan fingerprint density at radius 3 is 2.64 bits per heavy atom. The fourth-order valence-electron chi connectivity index (χ4n) is 1.03. The fraction of sp³-hybridized carbons (Fsp3) is 0.222. The van der Waals surface area contributed by atoms with Crippen LogP contribution >= 0.6 is 12.4 Å². The summed E-state index contributed by atoms with van der Waals surface area (Å²) in [5.41, 5.74) is 6.07. The third kappa shape index (κ3) is 2.68. The van der Waals surface area contributed by atoms with Gasteiger partial charge in [-0.15, -0.1) is 12.4 Å². The maximum Gasteiger partial charge on any atom is 0.325 e. The van der Waals surface area contributed by atoms with Crippen molar-refractivity contribution < 1.29 is 14.3 Å². The number of carbonyl (C=O) groups is 1. The Hall–Kier alpha value is -1.13. The monoisotopic (exact) mass is 219 g/mol. The summed E-state index contributed by atoms with van der Waals surface area (Å²) in [7, 11) is 0. The molecule has 0 unspecified atom stereocenters. The normalized spacial score (nSPS) is 11.6. The van der Waals surface area contributed by atoms with Crippen LogP contribution in [0.5, 0.6) is 0 Å². The van der Waals surface area contributed by atoms with E-state index in [2.05, 4.69) is 0 Å². The van der Waals surface area contributed by atoms with Gasteiger partial charge in [0, 0.05) is 5.56 Å². The highest BCUT2D eigenvalue weighted by Crippen LogP contribution is 2.16. The van der Waals surface area contributed by atoms with Crippen molar-refractivity contribution in [2.24, 2.45) is 5.73 Å². The summed E-state index contributed by atoms with van der Waals surface area (Å²) in [6.07, 6.45) is 0. The van der Waals surface area contributed by atoms with Crippen molar-refractivity contribution in [3.05, 3.63) is 35.1 Å². The fourth-order valence-corrected chi connectivity index (χ4v) is 1.03. The van der Waals surface area contributed by atoms with Crippen molar-refractivity contribution >= 4 is 18.4 Å². The summed E-state index contributed by atoms with van der Waals surface area (Å²) in [5, 5.41) is 8.56. The molecular weight excluding hydrogens is 209 g/mol. The summed E-state index contributed by atoms with van der Waals surface area (Å²) in [6.45, 7) is 1.75. The summed E-state index contributed by atoms with van der Waals surface area (Å²) in [5.74, 6) is -1.81. The summed E-state index contributed by atoms with van der Waals surface area (Å²) in [4.78, 5) is 10.5. The third-order valence-corrected chi connectivity index (χ3v) is 1.75. The highest BCUT2D eigenvalue weighted by molar-refractivity contribution is 5.85. The second-order valence-corrected chi connectivity index (χ2v) is 2.84. The van der Waals surface area contributed by atoms with E-state index in [0.717, 1.165) is 5.56 Å². The lowest BCUT2D eigenvalue weighted by molar-refractivity contribution is -0.138. The maximum atomic E-state index is 13.0. The first-order valence-electron chi connectivity index (χ1n) is 3.77. The molecule has 5 heteroatoms. The van der Waals surface area contributed by atoms with Crippen molar-refractivity contribution in [1.82, 2.24) is 0 Å². The molecule has 1 aromatic rings. The molecule has 3 N–H and O–H groups in total. The molecule has 78 valence electrons. The molecule has 1 atom stereocenters. The van der Waals surface area contributed by atoms with Crippen LogP contribution < -0.4 is 5.73 Å². The molecule has 0 saturated carbocycles. The van der Waals surface area contributed by atoms with Gasteiger partial charge in [0.05, 0.1) is 0 Å². The van der Waals surface area contributed by atoms with Crippen LogP contribution in [0, 0.1) is 12.7 Å². The maximum absolute atomic E-state index is 13.0. The molecule has 1 aromatic carbocycles. The van der Waals surface area contributed by atoms with Gasteiger partial charge in [-0.25, -0.2) is 4.39 Å². The molecule has 14 heavy (non-hydrogen) atoms. The van der Waals surface area contributed by atoms with E-state index in [1.807, 2.05) is 0 Å². The molecule has 3 nitrogen and oxygen atoms in total. The number of aliphatic carboxylic acids is 1. The second-order valence-electron chi connectivity index (χ2n) is 2.84. The largest absolute Gasteiger partial charge is 0.480 e. The first-order chi connectivity index (χ1) is 6.02. The Bertz CT molecular complexity index is 344. The van der Waals surface area contributed by atoms with Crippen molar-refractivity contribution in [3.8, 4) is 0 Å². The second kappa shape index (κ2) is 4.93. The third-order valence-electron chi connectivity index (χ3n) is 1.75. The van der Waals surface area contributed by atoms with Crippen LogP contribution in [0.1, 0.15) is 17.2 Å². The van der Waals surface area contributed by atoms with E-state index in [0.29, 0.717) is 0 Å². The van der Waals surface area contributed by atoms with Crippen LogP contribution in [-0.2, 0) is 4.79 Å².